The predicted octanol–water partition coefficient (Wildman–Crippen LogP) is 1.73. The van der Waals surface area contributed by atoms with Gasteiger partial charge in [0.25, 0.3) is 0 Å². The van der Waals surface area contributed by atoms with E-state index in [1.54, 1.807) is 40.1 Å². The second-order valence-corrected chi connectivity index (χ2v) is 7.18. The van der Waals surface area contributed by atoms with Crippen molar-refractivity contribution in [1.29, 1.82) is 0 Å². The molecule has 0 aliphatic carbocycles. The van der Waals surface area contributed by atoms with Crippen LogP contribution in [0.4, 0.5) is 0 Å². The van der Waals surface area contributed by atoms with Crippen LogP contribution in [0.1, 0.15) is 13.8 Å². The fourth-order valence-corrected chi connectivity index (χ4v) is 3.26. The zero-order valence-electron chi connectivity index (χ0n) is 11.9. The molecule has 1 N–H and O–H groups in total. The van der Waals surface area contributed by atoms with Gasteiger partial charge in [-0.2, -0.15) is 4.72 Å². The molecule has 0 saturated heterocycles. The van der Waals surface area contributed by atoms with Gasteiger partial charge in [0.15, 0.2) is 0 Å². The van der Waals surface area contributed by atoms with Gasteiger partial charge in [-0.1, -0.05) is 31.5 Å². The van der Waals surface area contributed by atoms with Crippen molar-refractivity contribution < 1.29 is 13.2 Å². The number of nitrogens with one attached hydrogen (secondary N) is 1. The van der Waals surface area contributed by atoms with E-state index in [1.807, 2.05) is 0 Å². The molecule has 7 heteroatoms. The van der Waals surface area contributed by atoms with Crippen LogP contribution in [-0.4, -0.2) is 39.4 Å². The lowest BCUT2D eigenvalue weighted by atomic mass is 10.0. The van der Waals surface area contributed by atoms with Crippen molar-refractivity contribution in [1.82, 2.24) is 9.62 Å². The standard InChI is InChI=1S/C13H19ClN2O3S/c1-9(2)12(13(17)16(3)4)15-20(18,19)11-7-5-6-10(14)8-11/h5-9,12,15H,1-4H3/t12-/m0/s1. The number of carbonyl (C=O) groups is 1. The highest BCUT2D eigenvalue weighted by Gasteiger charge is 2.29. The lowest BCUT2D eigenvalue weighted by Gasteiger charge is -2.24. The van der Waals surface area contributed by atoms with E-state index in [1.165, 1.54) is 17.0 Å². The Kier molecular flexibility index (Phi) is 5.56. The number of sulfonamides is 1. The number of carbonyl (C=O) groups excluding carboxylic acids is 1. The lowest BCUT2D eigenvalue weighted by molar-refractivity contribution is -0.131. The van der Waals surface area contributed by atoms with Crippen LogP contribution in [0.5, 0.6) is 0 Å². The number of rotatable bonds is 5. The summed E-state index contributed by atoms with van der Waals surface area (Å²) in [4.78, 5) is 13.4. The minimum atomic E-state index is -3.79. The summed E-state index contributed by atoms with van der Waals surface area (Å²) in [5, 5.41) is 0.327. The van der Waals surface area contributed by atoms with E-state index in [0.29, 0.717) is 5.02 Å². The predicted molar refractivity (Wildman–Crippen MR) is 79.1 cm³/mol. The highest BCUT2D eigenvalue weighted by Crippen LogP contribution is 2.17. The largest absolute Gasteiger partial charge is 0.347 e. The fraction of sp³-hybridized carbons (Fsp3) is 0.462. The van der Waals surface area contributed by atoms with Crippen LogP contribution in [0.25, 0.3) is 0 Å². The van der Waals surface area contributed by atoms with Gasteiger partial charge in [0.05, 0.1) is 4.90 Å². The monoisotopic (exact) mass is 318 g/mol. The summed E-state index contributed by atoms with van der Waals surface area (Å²) in [5.74, 6) is -0.454. The summed E-state index contributed by atoms with van der Waals surface area (Å²) < 4.78 is 27.0. The van der Waals surface area contributed by atoms with Crippen LogP contribution < -0.4 is 4.72 Å². The van der Waals surface area contributed by atoms with Crippen LogP contribution in [0.2, 0.25) is 5.02 Å². The zero-order valence-corrected chi connectivity index (χ0v) is 13.5. The van der Waals surface area contributed by atoms with Crippen LogP contribution >= 0.6 is 11.6 Å². The van der Waals surface area contributed by atoms with Gasteiger partial charge in [-0.25, -0.2) is 8.42 Å². The summed E-state index contributed by atoms with van der Waals surface area (Å²) in [6.45, 7) is 3.57. The third-order valence-electron chi connectivity index (χ3n) is 2.76. The maximum absolute atomic E-state index is 12.3. The van der Waals surface area contributed by atoms with E-state index >= 15 is 0 Å². The van der Waals surface area contributed by atoms with Crippen molar-refractivity contribution in [3.05, 3.63) is 29.3 Å². The molecular formula is C13H19ClN2O3S. The van der Waals surface area contributed by atoms with Gasteiger partial charge in [-0.15, -0.1) is 0 Å². The second-order valence-electron chi connectivity index (χ2n) is 5.03. The molecule has 20 heavy (non-hydrogen) atoms. The quantitative estimate of drug-likeness (QED) is 0.899. The second kappa shape index (κ2) is 6.56. The van der Waals surface area contributed by atoms with Crippen molar-refractivity contribution >= 4 is 27.5 Å². The number of benzene rings is 1. The molecule has 1 aromatic carbocycles. The highest BCUT2D eigenvalue weighted by molar-refractivity contribution is 7.89. The molecule has 0 saturated carbocycles. The summed E-state index contributed by atoms with van der Waals surface area (Å²) in [6, 6.07) is 5.11. The Morgan fingerprint density at radius 2 is 1.90 bits per heavy atom. The minimum Gasteiger partial charge on any atom is -0.347 e. The Balaban J connectivity index is 3.07. The molecule has 0 fully saturated rings. The number of likely N-dealkylation sites (N-methyl/N-ethyl adjacent to an activating group) is 1. The summed E-state index contributed by atoms with van der Waals surface area (Å²) in [5.41, 5.74) is 0. The van der Waals surface area contributed by atoms with Gasteiger partial charge in [0.1, 0.15) is 6.04 Å². The van der Waals surface area contributed by atoms with E-state index in [4.69, 9.17) is 11.6 Å². The zero-order chi connectivity index (χ0) is 15.5. The van der Waals surface area contributed by atoms with Crippen molar-refractivity contribution in [2.45, 2.75) is 24.8 Å². The first-order chi connectivity index (χ1) is 9.15. The van der Waals surface area contributed by atoms with Crippen LogP contribution in [0, 0.1) is 5.92 Å². The van der Waals surface area contributed by atoms with Gasteiger partial charge in [-0.05, 0) is 24.1 Å². The average molecular weight is 319 g/mol. The summed E-state index contributed by atoms with van der Waals surface area (Å²) in [7, 11) is -0.610. The van der Waals surface area contributed by atoms with E-state index < -0.39 is 16.1 Å². The molecule has 5 nitrogen and oxygen atoms in total. The van der Waals surface area contributed by atoms with Gasteiger partial charge >= 0.3 is 0 Å². The molecule has 1 amide bonds. The van der Waals surface area contributed by atoms with Crippen LogP contribution in [0.3, 0.4) is 0 Å². The molecule has 1 aromatic rings. The van der Waals surface area contributed by atoms with E-state index in [0.717, 1.165) is 0 Å². The Morgan fingerprint density at radius 3 is 2.35 bits per heavy atom. The first-order valence-electron chi connectivity index (χ1n) is 6.14. The van der Waals surface area contributed by atoms with Crippen molar-refractivity contribution in [2.75, 3.05) is 14.1 Å². The topological polar surface area (TPSA) is 66.5 Å². The SMILES string of the molecule is CC(C)[C@H](NS(=O)(=O)c1cccc(Cl)c1)C(=O)N(C)C. The van der Waals surface area contributed by atoms with E-state index in [9.17, 15) is 13.2 Å². The normalized spacial score (nSPS) is 13.3. The van der Waals surface area contributed by atoms with E-state index in [-0.39, 0.29) is 16.7 Å². The van der Waals surface area contributed by atoms with Crippen molar-refractivity contribution in [3.8, 4) is 0 Å². The van der Waals surface area contributed by atoms with Gasteiger partial charge in [0, 0.05) is 19.1 Å². The van der Waals surface area contributed by atoms with E-state index in [2.05, 4.69) is 4.72 Å². The third-order valence-corrected chi connectivity index (χ3v) is 4.44. The maximum atomic E-state index is 12.3. The molecule has 0 unspecified atom stereocenters. The van der Waals surface area contributed by atoms with Gasteiger partial charge < -0.3 is 4.90 Å². The lowest BCUT2D eigenvalue weighted by Crippen LogP contribution is -2.49. The Morgan fingerprint density at radius 1 is 1.30 bits per heavy atom. The number of hydrogen-bond donors (Lipinski definition) is 1. The first-order valence-corrected chi connectivity index (χ1v) is 8.00. The molecule has 0 aliphatic heterocycles. The molecule has 112 valence electrons. The van der Waals surface area contributed by atoms with Crippen LogP contribution in [0.15, 0.2) is 29.2 Å². The molecule has 1 rings (SSSR count). The number of hydrogen-bond acceptors (Lipinski definition) is 3. The molecule has 0 aromatic heterocycles. The number of amides is 1. The Labute approximate surface area is 125 Å². The smallest absolute Gasteiger partial charge is 0.241 e. The van der Waals surface area contributed by atoms with Crippen LogP contribution in [-0.2, 0) is 14.8 Å². The van der Waals surface area contributed by atoms with Gasteiger partial charge in [-0.3, -0.25) is 4.79 Å². The van der Waals surface area contributed by atoms with Crippen molar-refractivity contribution in [2.24, 2.45) is 5.92 Å². The molecule has 1 atom stereocenters. The molecule has 0 aliphatic rings. The summed E-state index contributed by atoms with van der Waals surface area (Å²) in [6.07, 6.45) is 0. The van der Waals surface area contributed by atoms with Crippen molar-refractivity contribution in [3.63, 3.8) is 0 Å². The van der Waals surface area contributed by atoms with Gasteiger partial charge in [0.2, 0.25) is 15.9 Å². The number of halogens is 1. The molecule has 0 heterocycles. The fourth-order valence-electron chi connectivity index (χ4n) is 1.62. The average Bonchev–Trinajstić information content (AvgIpc) is 2.34. The summed E-state index contributed by atoms with van der Waals surface area (Å²) >= 11 is 5.80. The molecule has 0 spiro atoms. The Bertz CT molecular complexity index is 585. The molecular weight excluding hydrogens is 300 g/mol. The Hall–Kier alpha value is -1.11. The third kappa shape index (κ3) is 4.19. The first kappa shape index (κ1) is 16.9. The molecule has 0 bridgehead atoms. The maximum Gasteiger partial charge on any atom is 0.241 e. The molecule has 0 radical (unpaired) electrons. The minimum absolute atomic E-state index is 0.0437. The highest BCUT2D eigenvalue weighted by atomic mass is 35.5. The number of nitrogens with zero attached hydrogens (tertiary/aromatic N) is 1.